The van der Waals surface area contributed by atoms with E-state index in [1.807, 2.05) is 0 Å². The van der Waals surface area contributed by atoms with Crippen LogP contribution in [0.3, 0.4) is 0 Å². The van der Waals surface area contributed by atoms with E-state index in [2.05, 4.69) is 287 Å². The molecule has 15 aromatic rings. The molecule has 0 atom stereocenters. The maximum Gasteiger partial charge on any atom is 0.144 e. The highest BCUT2D eigenvalue weighted by Gasteiger charge is 2.51. The highest BCUT2D eigenvalue weighted by molar-refractivity contribution is 6.23. The van der Waals surface area contributed by atoms with E-state index in [1.165, 1.54) is 139 Å². The SMILES string of the molecule is Cc1cccc(-c2cc3c(c4c2oc2ccccc24)-c2ccc(N(c4ccc5c(c4)C(C)(C)c4c6c(c7oc8ccccc8c7c4-5)-c4ccccc4C6(C)C)c4ccc5c(c4)C(C)(C)c4c6c(c7oc8ccccc8c7c4-5)-c4ccccc4C6(C)C)cc2C3(C)C)c1. The van der Waals surface area contributed by atoms with E-state index in [-0.39, 0.29) is 16.2 Å². The molecule has 12 aromatic carbocycles. The van der Waals surface area contributed by atoms with Crippen LogP contribution in [0.5, 0.6) is 0 Å². The Labute approximate surface area is 535 Å². The van der Waals surface area contributed by atoms with Crippen molar-refractivity contribution in [3.63, 3.8) is 0 Å². The molecule has 0 saturated heterocycles. The maximum absolute atomic E-state index is 7.13. The summed E-state index contributed by atoms with van der Waals surface area (Å²) in [7, 11) is 0. The van der Waals surface area contributed by atoms with Gasteiger partial charge in [0, 0.05) is 93.1 Å². The molecule has 0 bridgehead atoms. The molecule has 0 amide bonds. The van der Waals surface area contributed by atoms with E-state index >= 15 is 0 Å². The van der Waals surface area contributed by atoms with Gasteiger partial charge >= 0.3 is 0 Å². The van der Waals surface area contributed by atoms with Crippen LogP contribution >= 0.6 is 0 Å². The van der Waals surface area contributed by atoms with Crippen LogP contribution in [0.25, 0.3) is 133 Å². The van der Waals surface area contributed by atoms with E-state index in [9.17, 15) is 0 Å². The normalized spacial score (nSPS) is 16.4. The van der Waals surface area contributed by atoms with Gasteiger partial charge in [-0.3, -0.25) is 0 Å². The van der Waals surface area contributed by atoms with Gasteiger partial charge < -0.3 is 18.2 Å². The van der Waals surface area contributed by atoms with Gasteiger partial charge in [0.1, 0.15) is 33.5 Å². The van der Waals surface area contributed by atoms with Crippen molar-refractivity contribution in [1.82, 2.24) is 0 Å². The molecule has 0 aliphatic heterocycles. The molecule has 4 nitrogen and oxygen atoms in total. The number of furan rings is 3. The first-order valence-electron chi connectivity index (χ1n) is 32.9. The van der Waals surface area contributed by atoms with Crippen LogP contribution in [-0.2, 0) is 27.1 Å². The average molecular weight is 1190 g/mol. The zero-order valence-electron chi connectivity index (χ0n) is 53.8. The maximum atomic E-state index is 7.13. The summed E-state index contributed by atoms with van der Waals surface area (Å²) in [5, 5.41) is 7.06. The lowest BCUT2D eigenvalue weighted by molar-refractivity contribution is 0.600. The van der Waals surface area contributed by atoms with Crippen molar-refractivity contribution in [2.45, 2.75) is 103 Å². The summed E-state index contributed by atoms with van der Waals surface area (Å²) in [6.07, 6.45) is 0. The summed E-state index contributed by atoms with van der Waals surface area (Å²) in [6, 6.07) is 77.6. The summed E-state index contributed by atoms with van der Waals surface area (Å²) < 4.78 is 21.2. The Hall–Kier alpha value is -10.2. The van der Waals surface area contributed by atoms with Gasteiger partial charge in [-0.25, -0.2) is 0 Å². The molecule has 4 heteroatoms. The fourth-order valence-corrected chi connectivity index (χ4v) is 19.0. The number of hydrogen-bond donors (Lipinski definition) is 0. The van der Waals surface area contributed by atoms with E-state index in [0.717, 1.165) is 72.3 Å². The second kappa shape index (κ2) is 17.1. The molecule has 0 fully saturated rings. The lowest BCUT2D eigenvalue weighted by atomic mass is 9.72. The smallest absolute Gasteiger partial charge is 0.144 e. The Morgan fingerprint density at radius 2 is 0.641 bits per heavy atom. The van der Waals surface area contributed by atoms with Crippen LogP contribution in [0, 0.1) is 6.92 Å². The van der Waals surface area contributed by atoms with Crippen LogP contribution in [-0.4, -0.2) is 0 Å². The van der Waals surface area contributed by atoms with Gasteiger partial charge in [-0.2, -0.15) is 0 Å². The second-order valence-corrected chi connectivity index (χ2v) is 29.9. The van der Waals surface area contributed by atoms with Crippen LogP contribution in [0.4, 0.5) is 17.1 Å². The van der Waals surface area contributed by atoms with Gasteiger partial charge in [0.15, 0.2) is 0 Å². The van der Waals surface area contributed by atoms with E-state index in [1.54, 1.807) is 0 Å². The van der Waals surface area contributed by atoms with Gasteiger partial charge in [0.05, 0.1) is 0 Å². The van der Waals surface area contributed by atoms with E-state index < -0.39 is 10.8 Å². The summed E-state index contributed by atoms with van der Waals surface area (Å²) in [5.41, 5.74) is 37.0. The summed E-state index contributed by atoms with van der Waals surface area (Å²) in [4.78, 5) is 2.58. The molecule has 20 rings (SSSR count). The van der Waals surface area contributed by atoms with Gasteiger partial charge in [0.2, 0.25) is 0 Å². The fraction of sp³-hybridized carbons (Fsp3) is 0.182. The van der Waals surface area contributed by atoms with Crippen LogP contribution in [0.1, 0.15) is 130 Å². The number of para-hydroxylation sites is 3. The number of aryl methyl sites for hydroxylation is 1. The highest BCUT2D eigenvalue weighted by Crippen LogP contribution is 2.67. The molecule has 0 saturated carbocycles. The monoisotopic (exact) mass is 1190 g/mol. The van der Waals surface area contributed by atoms with Crippen molar-refractivity contribution >= 4 is 82.9 Å². The molecule has 0 unspecified atom stereocenters. The van der Waals surface area contributed by atoms with Gasteiger partial charge in [0.25, 0.3) is 0 Å². The molecule has 3 heterocycles. The molecule has 0 spiro atoms. The third-order valence-electron chi connectivity index (χ3n) is 23.1. The topological polar surface area (TPSA) is 42.7 Å². The first-order valence-corrected chi connectivity index (χ1v) is 32.9. The second-order valence-electron chi connectivity index (χ2n) is 29.9. The first-order chi connectivity index (χ1) is 44.3. The van der Waals surface area contributed by atoms with Crippen molar-refractivity contribution in [2.24, 2.45) is 0 Å². The lowest BCUT2D eigenvalue weighted by Gasteiger charge is -2.33. The van der Waals surface area contributed by atoms with Crippen LogP contribution in [0.15, 0.2) is 220 Å². The zero-order chi connectivity index (χ0) is 62.2. The predicted molar refractivity (Wildman–Crippen MR) is 381 cm³/mol. The Morgan fingerprint density at radius 3 is 1.11 bits per heavy atom. The quantitative estimate of drug-likeness (QED) is 0.176. The van der Waals surface area contributed by atoms with Crippen LogP contribution in [0.2, 0.25) is 0 Å². The van der Waals surface area contributed by atoms with Crippen molar-refractivity contribution in [1.29, 1.82) is 0 Å². The molecule has 0 N–H and O–H groups in total. The van der Waals surface area contributed by atoms with Crippen molar-refractivity contribution < 1.29 is 13.3 Å². The standard InChI is InChI=1S/C88H67NO3/c1-46-23-22-24-47(41-46)59-45-65-69(72-56-27-14-19-32-66(56)90-81(59)72)53-38-35-48(42-62(53)84(65,2)3)89(49-36-39-54-63(43-49)87(8,9)77-70(54)73-57-28-15-20-33-67(57)91-82(73)75-51-25-12-17-30-60(51)85(4,5)79(75)77)50-37-40-55-64(44-50)88(10,11)78-71(55)74-58-29-16-21-34-68(58)92-83(74)76-52-26-13-18-31-61(52)86(6,7)80(76)78/h12-45H,1-11H3. The van der Waals surface area contributed by atoms with Gasteiger partial charge in [-0.1, -0.05) is 220 Å². The third-order valence-corrected chi connectivity index (χ3v) is 23.1. The van der Waals surface area contributed by atoms with Crippen molar-refractivity contribution in [2.75, 3.05) is 4.90 Å². The number of nitrogens with zero attached hydrogens (tertiary/aromatic N) is 1. The molecular formula is C88H67NO3. The number of fused-ring (bicyclic) bond motifs is 31. The first kappa shape index (κ1) is 52.6. The van der Waals surface area contributed by atoms with Gasteiger partial charge in [-0.05, 0) is 173 Å². The van der Waals surface area contributed by atoms with Gasteiger partial charge in [-0.15, -0.1) is 0 Å². The Morgan fingerprint density at radius 1 is 0.272 bits per heavy atom. The average Bonchev–Trinajstić information content (AvgIpc) is 1.51. The summed E-state index contributed by atoms with van der Waals surface area (Å²) in [5.74, 6) is 0. The minimum absolute atomic E-state index is 0.275. The Bertz CT molecular complexity index is 5690. The molecule has 442 valence electrons. The Kier molecular flexibility index (Phi) is 9.75. The lowest BCUT2D eigenvalue weighted by Crippen LogP contribution is -2.24. The Balaban J connectivity index is 0.840. The highest BCUT2D eigenvalue weighted by atomic mass is 16.3. The number of benzene rings is 12. The fourth-order valence-electron chi connectivity index (χ4n) is 19.0. The molecule has 5 aliphatic carbocycles. The minimum Gasteiger partial charge on any atom is -0.455 e. The number of hydrogen-bond acceptors (Lipinski definition) is 4. The predicted octanol–water partition coefficient (Wildman–Crippen LogP) is 24.4. The summed E-state index contributed by atoms with van der Waals surface area (Å²) >= 11 is 0. The number of anilines is 3. The van der Waals surface area contributed by atoms with Crippen LogP contribution < -0.4 is 4.90 Å². The van der Waals surface area contributed by atoms with Crippen molar-refractivity contribution in [3.05, 3.63) is 267 Å². The molecule has 3 aromatic heterocycles. The largest absolute Gasteiger partial charge is 0.455 e. The summed E-state index contributed by atoms with van der Waals surface area (Å²) in [6.45, 7) is 26.7. The molecule has 0 radical (unpaired) electrons. The molecular weight excluding hydrogens is 1120 g/mol. The van der Waals surface area contributed by atoms with E-state index in [4.69, 9.17) is 13.3 Å². The molecule has 92 heavy (non-hydrogen) atoms. The minimum atomic E-state index is -0.400. The third kappa shape index (κ3) is 6.25. The molecule has 5 aliphatic rings. The number of rotatable bonds is 4. The zero-order valence-corrected chi connectivity index (χ0v) is 53.8. The van der Waals surface area contributed by atoms with E-state index in [0.29, 0.717) is 0 Å². The van der Waals surface area contributed by atoms with Crippen molar-refractivity contribution in [3.8, 4) is 66.8 Å².